The highest BCUT2D eigenvalue weighted by molar-refractivity contribution is 5.95. The molecule has 0 saturated carbocycles. The molecule has 0 bridgehead atoms. The molecule has 10 nitrogen and oxygen atoms in total. The van der Waals surface area contributed by atoms with Crippen molar-refractivity contribution in [3.05, 3.63) is 53.9 Å². The van der Waals surface area contributed by atoms with E-state index in [-0.39, 0.29) is 18.7 Å². The van der Waals surface area contributed by atoms with Crippen LogP contribution in [0, 0.1) is 0 Å². The Morgan fingerprint density at radius 1 is 0.971 bits per heavy atom. The Labute approximate surface area is 198 Å². The molecule has 0 radical (unpaired) electrons. The molecule has 0 aliphatic heterocycles. The van der Waals surface area contributed by atoms with Gasteiger partial charge < -0.3 is 18.9 Å². The summed E-state index contributed by atoms with van der Waals surface area (Å²) in [5.74, 6) is 1.04. The van der Waals surface area contributed by atoms with Crippen molar-refractivity contribution in [2.45, 2.75) is 26.7 Å². The van der Waals surface area contributed by atoms with Crippen LogP contribution in [0.1, 0.15) is 36.5 Å². The molecular formula is C24H29N5O5. The van der Waals surface area contributed by atoms with Crippen LogP contribution >= 0.6 is 0 Å². The fourth-order valence-corrected chi connectivity index (χ4v) is 3.34. The summed E-state index contributed by atoms with van der Waals surface area (Å²) in [6.07, 6.45) is 0.287. The second-order valence-corrected chi connectivity index (χ2v) is 7.30. The van der Waals surface area contributed by atoms with Gasteiger partial charge in [0.15, 0.2) is 11.5 Å². The highest BCUT2D eigenvalue weighted by Gasteiger charge is 2.14. The predicted octanol–water partition coefficient (Wildman–Crippen LogP) is 2.99. The lowest BCUT2D eigenvalue weighted by molar-refractivity contribution is -0.121. The Morgan fingerprint density at radius 2 is 1.68 bits per heavy atom. The van der Waals surface area contributed by atoms with E-state index in [0.29, 0.717) is 34.3 Å². The maximum absolute atomic E-state index is 12.3. The number of hydrogen-bond acceptors (Lipinski definition) is 8. The Kier molecular flexibility index (Phi) is 8.44. The third kappa shape index (κ3) is 6.03. The molecule has 180 valence electrons. The van der Waals surface area contributed by atoms with Crippen LogP contribution in [0.4, 0.5) is 5.69 Å². The maximum Gasteiger partial charge on any atom is 0.269 e. The molecule has 0 spiro atoms. The third-order valence-corrected chi connectivity index (χ3v) is 5.25. The van der Waals surface area contributed by atoms with Gasteiger partial charge in [-0.1, -0.05) is 5.16 Å². The molecule has 2 N–H and O–H groups in total. The van der Waals surface area contributed by atoms with Crippen LogP contribution < -0.4 is 25.2 Å². The fraction of sp³-hybridized carbons (Fsp3) is 0.333. The van der Waals surface area contributed by atoms with Gasteiger partial charge in [0.25, 0.3) is 5.91 Å². The summed E-state index contributed by atoms with van der Waals surface area (Å²) in [4.78, 5) is 30.9. The van der Waals surface area contributed by atoms with E-state index in [1.165, 1.54) is 0 Å². The van der Waals surface area contributed by atoms with Crippen LogP contribution in [0.3, 0.4) is 0 Å². The van der Waals surface area contributed by atoms with Gasteiger partial charge in [-0.05, 0) is 56.3 Å². The normalized spacial score (nSPS) is 10.5. The first-order valence-corrected chi connectivity index (χ1v) is 11.0. The number of amides is 2. The van der Waals surface area contributed by atoms with E-state index in [2.05, 4.69) is 39.7 Å². The average molecular weight is 468 g/mol. The molecule has 3 aromatic rings. The van der Waals surface area contributed by atoms with E-state index < -0.39 is 5.91 Å². The molecule has 0 aliphatic rings. The minimum absolute atomic E-state index is 0.0642. The van der Waals surface area contributed by atoms with Crippen LogP contribution in [0.2, 0.25) is 0 Å². The molecule has 0 saturated heterocycles. The number of hydrazine groups is 1. The second kappa shape index (κ2) is 11.7. The molecule has 0 atom stereocenters. The Bertz CT molecular complexity index is 1110. The van der Waals surface area contributed by atoms with E-state index in [0.717, 1.165) is 18.8 Å². The predicted molar refractivity (Wildman–Crippen MR) is 127 cm³/mol. The number of nitrogens with zero attached hydrogens (tertiary/aromatic N) is 3. The van der Waals surface area contributed by atoms with E-state index in [4.69, 9.17) is 14.0 Å². The lowest BCUT2D eigenvalue weighted by atomic mass is 10.2. The first kappa shape index (κ1) is 24.6. The highest BCUT2D eigenvalue weighted by Crippen LogP contribution is 2.31. The molecule has 0 aliphatic carbocycles. The maximum atomic E-state index is 12.3. The number of hydrogen-bond donors (Lipinski definition) is 2. The van der Waals surface area contributed by atoms with Gasteiger partial charge in [-0.2, -0.15) is 4.98 Å². The summed E-state index contributed by atoms with van der Waals surface area (Å²) < 4.78 is 15.8. The molecule has 2 amide bonds. The molecule has 0 fully saturated rings. The molecule has 34 heavy (non-hydrogen) atoms. The van der Waals surface area contributed by atoms with Crippen molar-refractivity contribution in [3.8, 4) is 22.9 Å². The van der Waals surface area contributed by atoms with E-state index in [1.54, 1.807) is 44.6 Å². The molecule has 2 aromatic carbocycles. The standard InChI is InChI=1S/C24H29N5O5/c1-5-29(6-2)18-10-7-16(8-11-18)24(31)27-26-21(30)13-14-22-25-23(28-34-22)17-9-12-19(32-3)20(15-17)33-4/h7-12,15H,5-6,13-14H2,1-4H3,(H,26,30)(H,27,31). The minimum atomic E-state index is -0.395. The van der Waals surface area contributed by atoms with E-state index in [9.17, 15) is 9.59 Å². The van der Waals surface area contributed by atoms with Crippen LogP contribution in [0.5, 0.6) is 11.5 Å². The van der Waals surface area contributed by atoms with Crippen molar-refractivity contribution in [1.82, 2.24) is 21.0 Å². The summed E-state index contributed by atoms with van der Waals surface area (Å²) >= 11 is 0. The number of rotatable bonds is 10. The van der Waals surface area contributed by atoms with Crippen molar-refractivity contribution in [2.75, 3.05) is 32.2 Å². The van der Waals surface area contributed by atoms with Crippen molar-refractivity contribution in [2.24, 2.45) is 0 Å². The van der Waals surface area contributed by atoms with Gasteiger partial charge in [0.1, 0.15) is 0 Å². The second-order valence-electron chi connectivity index (χ2n) is 7.30. The van der Waals surface area contributed by atoms with Crippen LogP contribution in [-0.2, 0) is 11.2 Å². The largest absolute Gasteiger partial charge is 0.493 e. The number of anilines is 1. The van der Waals surface area contributed by atoms with Gasteiger partial charge in [-0.3, -0.25) is 20.4 Å². The lowest BCUT2D eigenvalue weighted by Crippen LogP contribution is -2.41. The van der Waals surface area contributed by atoms with E-state index >= 15 is 0 Å². The SMILES string of the molecule is CCN(CC)c1ccc(C(=O)NNC(=O)CCc2nc(-c3ccc(OC)c(OC)c3)no2)cc1. The summed E-state index contributed by atoms with van der Waals surface area (Å²) in [6.45, 7) is 5.91. The Hall–Kier alpha value is -4.08. The molecular weight excluding hydrogens is 438 g/mol. The molecule has 1 aromatic heterocycles. The van der Waals surface area contributed by atoms with Gasteiger partial charge in [0, 0.05) is 42.7 Å². The molecule has 0 unspecified atom stereocenters. The van der Waals surface area contributed by atoms with Crippen molar-refractivity contribution in [1.29, 1.82) is 0 Å². The number of benzene rings is 2. The number of aromatic nitrogens is 2. The summed E-state index contributed by atoms with van der Waals surface area (Å²) in [7, 11) is 3.10. The number of ether oxygens (including phenoxy) is 2. The Morgan fingerprint density at radius 3 is 2.32 bits per heavy atom. The summed E-state index contributed by atoms with van der Waals surface area (Å²) in [5, 5.41) is 3.95. The van der Waals surface area contributed by atoms with Crippen molar-refractivity contribution >= 4 is 17.5 Å². The fourth-order valence-electron chi connectivity index (χ4n) is 3.34. The van der Waals surface area contributed by atoms with Gasteiger partial charge in [0.05, 0.1) is 14.2 Å². The Balaban J connectivity index is 1.49. The summed E-state index contributed by atoms with van der Waals surface area (Å²) in [5.41, 5.74) is 7.01. The zero-order chi connectivity index (χ0) is 24.5. The number of methoxy groups -OCH3 is 2. The number of carbonyl (C=O) groups is 2. The number of carbonyl (C=O) groups excluding carboxylic acids is 2. The van der Waals surface area contributed by atoms with Gasteiger partial charge in [0.2, 0.25) is 17.6 Å². The van der Waals surface area contributed by atoms with Gasteiger partial charge >= 0.3 is 0 Å². The number of nitrogens with one attached hydrogen (secondary N) is 2. The summed E-state index contributed by atoms with van der Waals surface area (Å²) in [6, 6.07) is 12.5. The topological polar surface area (TPSA) is 119 Å². The van der Waals surface area contributed by atoms with Crippen LogP contribution in [0.25, 0.3) is 11.4 Å². The zero-order valence-electron chi connectivity index (χ0n) is 19.8. The van der Waals surface area contributed by atoms with Crippen molar-refractivity contribution in [3.63, 3.8) is 0 Å². The third-order valence-electron chi connectivity index (χ3n) is 5.25. The average Bonchev–Trinajstić information content (AvgIpc) is 3.36. The van der Waals surface area contributed by atoms with E-state index in [1.807, 2.05) is 12.1 Å². The van der Waals surface area contributed by atoms with Gasteiger partial charge in [-0.15, -0.1) is 0 Å². The molecule has 3 rings (SSSR count). The lowest BCUT2D eigenvalue weighted by Gasteiger charge is -2.21. The smallest absolute Gasteiger partial charge is 0.269 e. The molecule has 1 heterocycles. The molecule has 10 heteroatoms. The van der Waals surface area contributed by atoms with Crippen molar-refractivity contribution < 1.29 is 23.6 Å². The highest BCUT2D eigenvalue weighted by atomic mass is 16.5. The van der Waals surface area contributed by atoms with Gasteiger partial charge in [-0.25, -0.2) is 0 Å². The van der Waals surface area contributed by atoms with Crippen LogP contribution in [0.15, 0.2) is 47.0 Å². The zero-order valence-corrected chi connectivity index (χ0v) is 19.8. The quantitative estimate of drug-likeness (QED) is 0.437. The number of aryl methyl sites for hydroxylation is 1. The van der Waals surface area contributed by atoms with Crippen LogP contribution in [-0.4, -0.2) is 49.3 Å². The first-order chi connectivity index (χ1) is 16.5. The first-order valence-electron chi connectivity index (χ1n) is 11.0. The monoisotopic (exact) mass is 467 g/mol. The minimum Gasteiger partial charge on any atom is -0.493 e.